The van der Waals surface area contributed by atoms with E-state index in [1.807, 2.05) is 0 Å². The lowest BCUT2D eigenvalue weighted by Gasteiger charge is -2.23. The fraction of sp³-hybridized carbons (Fsp3) is 0.0857. The van der Waals surface area contributed by atoms with E-state index in [-0.39, 0.29) is 10.8 Å². The molecule has 0 amide bonds. The molecule has 0 heterocycles. The summed E-state index contributed by atoms with van der Waals surface area (Å²) < 4.78 is 0. The minimum Gasteiger partial charge on any atom is -0.0622 e. The monoisotopic (exact) mass is 890 g/mol. The van der Waals surface area contributed by atoms with E-state index in [2.05, 4.69) is 258 Å². The molecule has 0 N–H and O–H groups in total. The number of rotatable bonds is 5. The maximum atomic E-state index is 2.49. The van der Waals surface area contributed by atoms with Crippen molar-refractivity contribution in [3.05, 3.63) is 253 Å². The maximum absolute atomic E-state index is 2.49. The van der Waals surface area contributed by atoms with Crippen LogP contribution < -0.4 is 0 Å². The largest absolute Gasteiger partial charge is 0.0622 e. The molecule has 0 nitrogen and oxygen atoms in total. The highest BCUT2D eigenvalue weighted by Crippen LogP contribution is 2.53. The predicted molar refractivity (Wildman–Crippen MR) is 299 cm³/mol. The van der Waals surface area contributed by atoms with Gasteiger partial charge in [-0.2, -0.15) is 0 Å². The van der Waals surface area contributed by atoms with E-state index in [0.29, 0.717) is 0 Å². The van der Waals surface area contributed by atoms with Crippen molar-refractivity contribution in [2.45, 2.75) is 38.5 Å². The molecule has 0 aliphatic heterocycles. The lowest BCUT2D eigenvalue weighted by Crippen LogP contribution is -2.14. The molecule has 0 radical (unpaired) electrons. The number of fused-ring (bicyclic) bond motifs is 10. The Bertz CT molecular complexity index is 4090. The van der Waals surface area contributed by atoms with Crippen LogP contribution in [0.5, 0.6) is 0 Å². The van der Waals surface area contributed by atoms with Crippen LogP contribution in [0.25, 0.3) is 121 Å². The smallest absolute Gasteiger partial charge is 0.0159 e. The van der Waals surface area contributed by atoms with Crippen LogP contribution in [0.4, 0.5) is 0 Å². The van der Waals surface area contributed by atoms with Gasteiger partial charge in [-0.15, -0.1) is 0 Å². The standard InChI is InChI=1S/C70H50/c1-69(2)62-29-17-15-21-50(62)59-41-48(36-39-63(59)69)68-57-27-13-12-26-56(57)67(58-38-35-46(40-60(58)68)47-34-37-51-49-20-14-16-28-61(49)70(3,4)64(51)42-47)45-32-30-44(31-33-45)66-54-24-10-8-22-52(54)65(43-18-6-5-7-19-43)53-23-9-11-25-55(53)66/h5-42H,1-4H3. The van der Waals surface area contributed by atoms with Gasteiger partial charge in [-0.1, -0.05) is 240 Å². The second kappa shape index (κ2) is 15.1. The van der Waals surface area contributed by atoms with Gasteiger partial charge in [0.05, 0.1) is 0 Å². The first kappa shape index (κ1) is 40.7. The van der Waals surface area contributed by atoms with Gasteiger partial charge in [-0.05, 0) is 161 Å². The zero-order valence-corrected chi connectivity index (χ0v) is 39.9. The van der Waals surface area contributed by atoms with Crippen LogP contribution in [-0.4, -0.2) is 0 Å². The Morgan fingerprint density at radius 3 is 1.09 bits per heavy atom. The first-order valence-electron chi connectivity index (χ1n) is 24.8. The summed E-state index contributed by atoms with van der Waals surface area (Å²) in [6, 6.07) is 87.0. The Labute approximate surface area is 410 Å². The summed E-state index contributed by atoms with van der Waals surface area (Å²) in [7, 11) is 0. The summed E-state index contributed by atoms with van der Waals surface area (Å²) in [6.07, 6.45) is 0. The van der Waals surface area contributed by atoms with Crippen molar-refractivity contribution in [2.75, 3.05) is 0 Å². The van der Waals surface area contributed by atoms with Gasteiger partial charge in [0.1, 0.15) is 0 Å². The van der Waals surface area contributed by atoms with Crippen LogP contribution in [0.2, 0.25) is 0 Å². The molecule has 0 unspecified atom stereocenters. The first-order valence-corrected chi connectivity index (χ1v) is 24.8. The Morgan fingerprint density at radius 2 is 0.543 bits per heavy atom. The molecular weight excluding hydrogens is 841 g/mol. The van der Waals surface area contributed by atoms with Gasteiger partial charge in [-0.3, -0.25) is 0 Å². The van der Waals surface area contributed by atoms with E-state index in [4.69, 9.17) is 0 Å². The molecule has 0 fully saturated rings. The normalized spacial score (nSPS) is 13.9. The first-order chi connectivity index (χ1) is 34.3. The highest BCUT2D eigenvalue weighted by molar-refractivity contribution is 6.24. The van der Waals surface area contributed by atoms with Crippen LogP contribution in [0.3, 0.4) is 0 Å². The average molecular weight is 891 g/mol. The summed E-state index contributed by atoms with van der Waals surface area (Å²) in [5.74, 6) is 0. The minimum absolute atomic E-state index is 0.0682. The number of benzene rings is 12. The summed E-state index contributed by atoms with van der Waals surface area (Å²) in [4.78, 5) is 0. The molecule has 0 bridgehead atoms. The highest BCUT2D eigenvalue weighted by atomic mass is 14.4. The predicted octanol–water partition coefficient (Wildman–Crippen LogP) is 19.2. The van der Waals surface area contributed by atoms with E-state index in [0.717, 1.165) is 0 Å². The molecule has 0 heteroatoms. The molecule has 0 atom stereocenters. The fourth-order valence-electron chi connectivity index (χ4n) is 12.9. The molecule has 14 rings (SSSR count). The van der Waals surface area contributed by atoms with Crippen molar-refractivity contribution in [3.63, 3.8) is 0 Å². The third kappa shape index (κ3) is 5.83. The molecule has 0 spiro atoms. The zero-order chi connectivity index (χ0) is 46.9. The summed E-state index contributed by atoms with van der Waals surface area (Å²) >= 11 is 0. The van der Waals surface area contributed by atoms with Crippen LogP contribution in [0.15, 0.2) is 231 Å². The summed E-state index contributed by atoms with van der Waals surface area (Å²) in [5.41, 5.74) is 23.3. The highest BCUT2D eigenvalue weighted by Gasteiger charge is 2.37. The number of hydrogen-bond donors (Lipinski definition) is 0. The molecular formula is C70H50. The van der Waals surface area contributed by atoms with Crippen molar-refractivity contribution in [1.82, 2.24) is 0 Å². The van der Waals surface area contributed by atoms with Crippen LogP contribution in [0.1, 0.15) is 49.9 Å². The molecule has 2 aliphatic rings. The Kier molecular flexibility index (Phi) is 8.78. The molecule has 12 aromatic carbocycles. The molecule has 2 aliphatic carbocycles. The van der Waals surface area contributed by atoms with E-state index in [1.54, 1.807) is 0 Å². The van der Waals surface area contributed by atoms with Crippen molar-refractivity contribution >= 4 is 43.1 Å². The van der Waals surface area contributed by atoms with Crippen molar-refractivity contribution in [1.29, 1.82) is 0 Å². The van der Waals surface area contributed by atoms with Gasteiger partial charge in [0, 0.05) is 10.8 Å². The van der Waals surface area contributed by atoms with Gasteiger partial charge >= 0.3 is 0 Å². The lowest BCUT2D eigenvalue weighted by atomic mass is 9.80. The second-order valence-corrected chi connectivity index (χ2v) is 20.7. The molecule has 12 aromatic rings. The molecule has 70 heavy (non-hydrogen) atoms. The van der Waals surface area contributed by atoms with Crippen LogP contribution in [-0.2, 0) is 10.8 Å². The maximum Gasteiger partial charge on any atom is 0.0159 e. The van der Waals surface area contributed by atoms with E-state index in [9.17, 15) is 0 Å². The molecule has 0 aromatic heterocycles. The van der Waals surface area contributed by atoms with Crippen molar-refractivity contribution in [3.8, 4) is 77.9 Å². The molecule has 0 saturated heterocycles. The van der Waals surface area contributed by atoms with Gasteiger partial charge < -0.3 is 0 Å². The Morgan fingerprint density at radius 1 is 0.200 bits per heavy atom. The van der Waals surface area contributed by atoms with Gasteiger partial charge in [0.25, 0.3) is 0 Å². The summed E-state index contributed by atoms with van der Waals surface area (Å²) in [5, 5.41) is 10.1. The van der Waals surface area contributed by atoms with Gasteiger partial charge in [0.15, 0.2) is 0 Å². The third-order valence-electron chi connectivity index (χ3n) is 16.3. The SMILES string of the molecule is CC1(C)c2ccccc2-c2cc(-c3c4ccccc4c(-c4ccc(-c5c6ccccc6c(-c6ccccc6)c6ccccc56)cc4)c4ccc(-c5ccc6c(c5)C(C)(C)c5ccccc5-6)cc34)ccc21. The minimum atomic E-state index is -0.0868. The Balaban J connectivity index is 0.992. The quantitative estimate of drug-likeness (QED) is 0.151. The van der Waals surface area contributed by atoms with Gasteiger partial charge in [-0.25, -0.2) is 0 Å². The Hall–Kier alpha value is -8.32. The summed E-state index contributed by atoms with van der Waals surface area (Å²) in [6.45, 7) is 9.49. The van der Waals surface area contributed by atoms with E-state index in [1.165, 1.54) is 143 Å². The van der Waals surface area contributed by atoms with Crippen molar-refractivity contribution < 1.29 is 0 Å². The lowest BCUT2D eigenvalue weighted by molar-refractivity contribution is 0.660. The van der Waals surface area contributed by atoms with Crippen LogP contribution in [0, 0.1) is 0 Å². The number of hydrogen-bond acceptors (Lipinski definition) is 0. The average Bonchev–Trinajstić information content (AvgIpc) is 3.78. The van der Waals surface area contributed by atoms with Crippen LogP contribution >= 0.6 is 0 Å². The van der Waals surface area contributed by atoms with Gasteiger partial charge in [0.2, 0.25) is 0 Å². The molecule has 330 valence electrons. The fourth-order valence-corrected chi connectivity index (χ4v) is 12.9. The van der Waals surface area contributed by atoms with E-state index < -0.39 is 0 Å². The second-order valence-electron chi connectivity index (χ2n) is 20.7. The third-order valence-corrected chi connectivity index (χ3v) is 16.3. The van der Waals surface area contributed by atoms with Crippen molar-refractivity contribution in [2.24, 2.45) is 0 Å². The topological polar surface area (TPSA) is 0 Å². The molecule has 0 saturated carbocycles. The van der Waals surface area contributed by atoms with E-state index >= 15 is 0 Å². The zero-order valence-electron chi connectivity index (χ0n) is 39.9.